The van der Waals surface area contributed by atoms with Gasteiger partial charge in [0.25, 0.3) is 6.71 Å². The molecule has 62 heavy (non-hydrogen) atoms. The first kappa shape index (κ1) is 39.2. The van der Waals surface area contributed by atoms with Gasteiger partial charge in [-0.3, -0.25) is 0 Å². The quantitative estimate of drug-likeness (QED) is 0.164. The largest absolute Gasteiger partial charge is 0.311 e. The van der Waals surface area contributed by atoms with Gasteiger partial charge in [0.15, 0.2) is 0 Å². The topological polar surface area (TPSA) is 9.72 Å². The summed E-state index contributed by atoms with van der Waals surface area (Å²) in [6.45, 7) is 20.9. The molecule has 306 valence electrons. The molecule has 3 nitrogen and oxygen atoms in total. The monoisotopic (exact) mass is 841 g/mol. The maximum absolute atomic E-state index is 2.60. The van der Waals surface area contributed by atoms with Crippen molar-refractivity contribution in [2.24, 2.45) is 0 Å². The van der Waals surface area contributed by atoms with E-state index in [0.717, 1.165) is 0 Å². The fourth-order valence-corrected chi connectivity index (χ4v) is 12.5. The molecule has 0 unspecified atom stereocenters. The van der Waals surface area contributed by atoms with Crippen molar-refractivity contribution in [3.05, 3.63) is 168 Å². The Balaban J connectivity index is 1.21. The standard InChI is InChI=1S/C56H52BN3S2/c1-54(2,3)35-22-27-39(28-23-35)58-43-32-26-37(56(7,8)9)34-42(43)57-49-45(58)19-15-20-46(49)60(40-29-24-36(25-30-40)55(4,5)6)50-41-31-33-47-52(51(41)62-53(50)57)61-48-21-14-13-18-44(48)59(47)38-16-11-10-12-17-38/h10-34H,1-9H3. The molecular weight excluding hydrogens is 790 g/mol. The van der Waals surface area contributed by atoms with E-state index in [-0.39, 0.29) is 23.0 Å². The lowest BCUT2D eigenvalue weighted by molar-refractivity contribution is 0.590. The van der Waals surface area contributed by atoms with Gasteiger partial charge in [0.1, 0.15) is 0 Å². The van der Waals surface area contributed by atoms with Gasteiger partial charge in [0.2, 0.25) is 0 Å². The zero-order valence-corrected chi connectivity index (χ0v) is 38.8. The molecule has 0 spiro atoms. The highest BCUT2D eigenvalue weighted by Crippen LogP contribution is 2.57. The van der Waals surface area contributed by atoms with Gasteiger partial charge in [-0.15, -0.1) is 11.3 Å². The Morgan fingerprint density at radius 1 is 0.435 bits per heavy atom. The minimum absolute atomic E-state index is 0.0174. The summed E-state index contributed by atoms with van der Waals surface area (Å²) in [5.41, 5.74) is 17.9. The Morgan fingerprint density at radius 3 is 1.60 bits per heavy atom. The zero-order valence-electron chi connectivity index (χ0n) is 37.2. The molecule has 8 aromatic rings. The Hall–Kier alpha value is -5.69. The molecule has 3 aliphatic rings. The smallest absolute Gasteiger partial charge is 0.264 e. The van der Waals surface area contributed by atoms with Crippen LogP contribution in [0.1, 0.15) is 79.0 Å². The summed E-state index contributed by atoms with van der Waals surface area (Å²) in [6.07, 6.45) is 0. The maximum Gasteiger partial charge on any atom is 0.264 e. The lowest BCUT2D eigenvalue weighted by Gasteiger charge is -2.43. The predicted molar refractivity (Wildman–Crippen MR) is 271 cm³/mol. The first-order chi connectivity index (χ1) is 29.7. The van der Waals surface area contributed by atoms with Crippen LogP contribution in [0, 0.1) is 0 Å². The number of fused-ring (bicyclic) bond motifs is 9. The Morgan fingerprint density at radius 2 is 0.952 bits per heavy atom. The second kappa shape index (κ2) is 13.9. The molecule has 11 rings (SSSR count). The highest BCUT2D eigenvalue weighted by molar-refractivity contribution is 8.00. The number of benzene rings is 7. The molecule has 0 aliphatic carbocycles. The summed E-state index contributed by atoms with van der Waals surface area (Å²) >= 11 is 3.92. The number of hydrogen-bond acceptors (Lipinski definition) is 5. The van der Waals surface area contributed by atoms with E-state index in [2.05, 4.69) is 229 Å². The summed E-state index contributed by atoms with van der Waals surface area (Å²) in [6, 6.07) is 57.5. The number of nitrogens with zero attached hydrogens (tertiary/aromatic N) is 3. The highest BCUT2D eigenvalue weighted by atomic mass is 32.2. The lowest BCUT2D eigenvalue weighted by atomic mass is 9.36. The number of rotatable bonds is 3. The van der Waals surface area contributed by atoms with Gasteiger partial charge >= 0.3 is 0 Å². The van der Waals surface area contributed by atoms with E-state index in [1.54, 1.807) is 0 Å². The third kappa shape index (κ3) is 6.08. The minimum atomic E-state index is -0.0174. The average molecular weight is 842 g/mol. The Labute approximate surface area is 376 Å². The third-order valence-electron chi connectivity index (χ3n) is 13.1. The molecule has 4 heterocycles. The van der Waals surface area contributed by atoms with Crippen molar-refractivity contribution in [3.8, 4) is 0 Å². The van der Waals surface area contributed by atoms with Crippen LogP contribution in [-0.4, -0.2) is 6.71 Å². The second-order valence-electron chi connectivity index (χ2n) is 20.3. The molecule has 7 aromatic carbocycles. The molecule has 0 amide bonds. The second-order valence-corrected chi connectivity index (χ2v) is 22.4. The van der Waals surface area contributed by atoms with Crippen molar-refractivity contribution in [2.75, 3.05) is 14.7 Å². The van der Waals surface area contributed by atoms with Crippen molar-refractivity contribution < 1.29 is 0 Å². The van der Waals surface area contributed by atoms with Gasteiger partial charge in [0.05, 0.1) is 26.7 Å². The molecule has 1 aromatic heterocycles. The van der Waals surface area contributed by atoms with Crippen LogP contribution in [0.25, 0.3) is 10.1 Å². The molecule has 0 saturated heterocycles. The van der Waals surface area contributed by atoms with E-state index in [9.17, 15) is 0 Å². The average Bonchev–Trinajstić information content (AvgIpc) is 3.64. The van der Waals surface area contributed by atoms with Crippen molar-refractivity contribution in [3.63, 3.8) is 0 Å². The van der Waals surface area contributed by atoms with Gasteiger partial charge in [0, 0.05) is 49.2 Å². The van der Waals surface area contributed by atoms with Crippen LogP contribution in [0.2, 0.25) is 0 Å². The van der Waals surface area contributed by atoms with Gasteiger partial charge in [-0.05, 0) is 123 Å². The van der Waals surface area contributed by atoms with Crippen LogP contribution in [0.4, 0.5) is 51.2 Å². The van der Waals surface area contributed by atoms with Crippen molar-refractivity contribution in [1.29, 1.82) is 0 Å². The van der Waals surface area contributed by atoms with Gasteiger partial charge in [-0.2, -0.15) is 0 Å². The van der Waals surface area contributed by atoms with Crippen molar-refractivity contribution in [2.45, 2.75) is 88.3 Å². The fourth-order valence-electron chi connectivity index (χ4n) is 9.78. The van der Waals surface area contributed by atoms with Crippen LogP contribution in [0.15, 0.2) is 161 Å². The number of para-hydroxylation sites is 2. The molecule has 0 N–H and O–H groups in total. The van der Waals surface area contributed by atoms with Crippen LogP contribution < -0.4 is 30.4 Å². The molecule has 6 heteroatoms. The first-order valence-electron chi connectivity index (χ1n) is 22.0. The van der Waals surface area contributed by atoms with Gasteiger partial charge in [-0.25, -0.2) is 0 Å². The van der Waals surface area contributed by atoms with E-state index in [1.165, 1.54) is 103 Å². The first-order valence-corrected chi connectivity index (χ1v) is 23.6. The molecule has 0 radical (unpaired) electrons. The summed E-state index contributed by atoms with van der Waals surface area (Å²) in [5, 5.41) is 1.30. The highest BCUT2D eigenvalue weighted by Gasteiger charge is 2.46. The van der Waals surface area contributed by atoms with Gasteiger partial charge in [-0.1, -0.05) is 147 Å². The fraction of sp³-hybridized carbons (Fsp3) is 0.214. The normalized spacial score (nSPS) is 14.3. The van der Waals surface area contributed by atoms with E-state index in [4.69, 9.17) is 0 Å². The molecule has 0 saturated carbocycles. The summed E-state index contributed by atoms with van der Waals surface area (Å²) < 4.78 is 2.74. The number of anilines is 9. The molecule has 0 bridgehead atoms. The summed E-state index contributed by atoms with van der Waals surface area (Å²) in [4.78, 5) is 10.2. The number of thiophene rings is 1. The molecule has 3 aliphatic heterocycles. The third-order valence-corrected chi connectivity index (χ3v) is 15.7. The van der Waals surface area contributed by atoms with E-state index >= 15 is 0 Å². The summed E-state index contributed by atoms with van der Waals surface area (Å²) in [7, 11) is 0. The zero-order chi connectivity index (χ0) is 42.9. The SMILES string of the molecule is CC(C)(C)c1ccc(N2c3ccc(C(C)(C)C)cc3B3c4sc5c6c(ccc5c4N(c4ccc(C(C)(C)C)cc4)c4cccc2c43)N(c2ccccc2)c2ccccc2S6)cc1. The predicted octanol–water partition coefficient (Wildman–Crippen LogP) is 14.8. The summed E-state index contributed by atoms with van der Waals surface area (Å²) in [5.74, 6) is 0. The minimum Gasteiger partial charge on any atom is -0.311 e. The molecule has 0 fully saturated rings. The van der Waals surface area contributed by atoms with Crippen molar-refractivity contribution in [1.82, 2.24) is 0 Å². The molecule has 0 atom stereocenters. The maximum atomic E-state index is 2.60. The van der Waals surface area contributed by atoms with E-state index in [0.29, 0.717) is 0 Å². The van der Waals surface area contributed by atoms with Crippen LogP contribution in [0.3, 0.4) is 0 Å². The van der Waals surface area contributed by atoms with E-state index < -0.39 is 0 Å². The number of hydrogen-bond donors (Lipinski definition) is 0. The van der Waals surface area contributed by atoms with Gasteiger partial charge < -0.3 is 14.7 Å². The molecular formula is C56H52BN3S2. The van der Waals surface area contributed by atoms with E-state index in [1.807, 2.05) is 23.1 Å². The van der Waals surface area contributed by atoms with Crippen LogP contribution >= 0.6 is 23.1 Å². The van der Waals surface area contributed by atoms with Crippen LogP contribution in [-0.2, 0) is 16.2 Å². The lowest BCUT2D eigenvalue weighted by Crippen LogP contribution is -2.60. The van der Waals surface area contributed by atoms with Crippen molar-refractivity contribution >= 4 is 107 Å². The van der Waals surface area contributed by atoms with Crippen LogP contribution in [0.5, 0.6) is 0 Å². The Kier molecular flexibility index (Phi) is 8.79. The Bertz CT molecular complexity index is 3060.